The molecule has 1 aromatic rings. The number of piperidine rings is 1. The summed E-state index contributed by atoms with van der Waals surface area (Å²) in [7, 11) is 4.48. The molecule has 2 saturated heterocycles. The monoisotopic (exact) mass is 390 g/mol. The van der Waals surface area contributed by atoms with E-state index in [1.807, 2.05) is 0 Å². The molecule has 1 atom stereocenters. The van der Waals surface area contributed by atoms with Crippen LogP contribution in [0.5, 0.6) is 11.5 Å². The lowest BCUT2D eigenvalue weighted by atomic mass is 9.95. The highest BCUT2D eigenvalue weighted by atomic mass is 16.5. The van der Waals surface area contributed by atoms with Gasteiger partial charge >= 0.3 is 5.97 Å². The Morgan fingerprint density at radius 1 is 1.04 bits per heavy atom. The van der Waals surface area contributed by atoms with Crippen molar-refractivity contribution in [2.45, 2.75) is 19.3 Å². The minimum absolute atomic E-state index is 0.0407. The number of hydrogen-bond donors (Lipinski definition) is 0. The standard InChI is InChI=1S/C20H26N2O6/c1-26-15-4-5-17(27-2)16(11-15)22-12-14(10-18(22)23)19(24)21-8-6-13(7-9-21)20(25)28-3/h4-5,11,13-14H,6-10,12H2,1-3H3/t14-/m1/s1. The third-order valence-electron chi connectivity index (χ3n) is 5.49. The summed E-state index contributed by atoms with van der Waals surface area (Å²) in [6, 6.07) is 5.25. The molecule has 8 nitrogen and oxygen atoms in total. The Labute approximate surface area is 164 Å². The Morgan fingerprint density at radius 3 is 2.36 bits per heavy atom. The molecule has 2 amide bonds. The summed E-state index contributed by atoms with van der Waals surface area (Å²) in [6.45, 7) is 1.32. The Kier molecular flexibility index (Phi) is 6.06. The molecule has 8 heteroatoms. The summed E-state index contributed by atoms with van der Waals surface area (Å²) >= 11 is 0. The third kappa shape index (κ3) is 3.90. The van der Waals surface area contributed by atoms with Gasteiger partial charge in [-0.3, -0.25) is 14.4 Å². The normalized spacial score (nSPS) is 20.2. The third-order valence-corrected chi connectivity index (χ3v) is 5.49. The summed E-state index contributed by atoms with van der Waals surface area (Å²) in [4.78, 5) is 40.5. The summed E-state index contributed by atoms with van der Waals surface area (Å²) in [5.74, 6) is 0.231. The van der Waals surface area contributed by atoms with Crippen LogP contribution in [0, 0.1) is 11.8 Å². The lowest BCUT2D eigenvalue weighted by molar-refractivity contribution is -0.149. The van der Waals surface area contributed by atoms with Gasteiger partial charge < -0.3 is 24.0 Å². The summed E-state index contributed by atoms with van der Waals surface area (Å²) in [5, 5.41) is 0. The molecule has 0 aromatic heterocycles. The molecule has 28 heavy (non-hydrogen) atoms. The minimum atomic E-state index is -0.405. The molecule has 2 aliphatic rings. The number of likely N-dealkylation sites (tertiary alicyclic amines) is 1. The van der Waals surface area contributed by atoms with Crippen LogP contribution in [-0.4, -0.2) is 63.6 Å². The number of esters is 1. The van der Waals surface area contributed by atoms with Crippen LogP contribution in [0.15, 0.2) is 18.2 Å². The first-order valence-corrected chi connectivity index (χ1v) is 9.37. The molecule has 0 bridgehead atoms. The molecule has 0 saturated carbocycles. The highest BCUT2D eigenvalue weighted by molar-refractivity contribution is 6.01. The van der Waals surface area contributed by atoms with E-state index in [4.69, 9.17) is 14.2 Å². The average Bonchev–Trinajstić information content (AvgIpc) is 3.13. The van der Waals surface area contributed by atoms with Crippen molar-refractivity contribution in [3.8, 4) is 11.5 Å². The molecule has 0 N–H and O–H groups in total. The van der Waals surface area contributed by atoms with E-state index in [0.29, 0.717) is 49.7 Å². The molecule has 1 aromatic carbocycles. The zero-order valence-corrected chi connectivity index (χ0v) is 16.5. The van der Waals surface area contributed by atoms with Crippen LogP contribution in [0.1, 0.15) is 19.3 Å². The van der Waals surface area contributed by atoms with Gasteiger partial charge in [-0.05, 0) is 25.0 Å². The van der Waals surface area contributed by atoms with Gasteiger partial charge in [0.05, 0.1) is 38.9 Å². The first-order valence-electron chi connectivity index (χ1n) is 9.37. The molecule has 0 unspecified atom stereocenters. The van der Waals surface area contributed by atoms with Crippen molar-refractivity contribution in [2.75, 3.05) is 45.9 Å². The van der Waals surface area contributed by atoms with E-state index in [1.54, 1.807) is 42.2 Å². The van der Waals surface area contributed by atoms with Gasteiger partial charge in [-0.1, -0.05) is 0 Å². The Bertz CT molecular complexity index is 757. The fourth-order valence-electron chi connectivity index (χ4n) is 3.87. The van der Waals surface area contributed by atoms with Gasteiger partial charge in [-0.2, -0.15) is 0 Å². The predicted octanol–water partition coefficient (Wildman–Crippen LogP) is 1.47. The highest BCUT2D eigenvalue weighted by Gasteiger charge is 2.39. The fourth-order valence-corrected chi connectivity index (χ4v) is 3.87. The lowest BCUT2D eigenvalue weighted by Gasteiger charge is -2.32. The summed E-state index contributed by atoms with van der Waals surface area (Å²) < 4.78 is 15.4. The minimum Gasteiger partial charge on any atom is -0.497 e. The van der Waals surface area contributed by atoms with Crippen molar-refractivity contribution in [3.63, 3.8) is 0 Å². The molecule has 2 aliphatic heterocycles. The number of ether oxygens (including phenoxy) is 3. The van der Waals surface area contributed by atoms with E-state index < -0.39 is 5.92 Å². The van der Waals surface area contributed by atoms with Gasteiger partial charge in [-0.15, -0.1) is 0 Å². The molecule has 0 spiro atoms. The SMILES string of the molecule is COC(=O)C1CCN(C(=O)[C@@H]2CC(=O)N(c3cc(OC)ccc3OC)C2)CC1. The van der Waals surface area contributed by atoms with Gasteiger partial charge in [0.25, 0.3) is 0 Å². The lowest BCUT2D eigenvalue weighted by Crippen LogP contribution is -2.43. The summed E-state index contributed by atoms with van der Waals surface area (Å²) in [6.07, 6.45) is 1.34. The first kappa shape index (κ1) is 20.0. The first-order chi connectivity index (χ1) is 13.5. The number of nitrogens with zero attached hydrogens (tertiary/aromatic N) is 2. The summed E-state index contributed by atoms with van der Waals surface area (Å²) in [5.41, 5.74) is 0.603. The molecule has 2 fully saturated rings. The molecule has 0 radical (unpaired) electrons. The molecule has 3 rings (SSSR count). The van der Waals surface area contributed by atoms with E-state index in [0.717, 1.165) is 0 Å². The van der Waals surface area contributed by atoms with E-state index in [-0.39, 0.29) is 30.1 Å². The van der Waals surface area contributed by atoms with Crippen molar-refractivity contribution in [1.29, 1.82) is 0 Å². The van der Waals surface area contributed by atoms with E-state index in [9.17, 15) is 14.4 Å². The molecular formula is C20H26N2O6. The number of anilines is 1. The number of carbonyl (C=O) groups excluding carboxylic acids is 3. The number of amides is 2. The molecular weight excluding hydrogens is 364 g/mol. The smallest absolute Gasteiger partial charge is 0.308 e. The van der Waals surface area contributed by atoms with Gasteiger partial charge in [0.15, 0.2) is 0 Å². The van der Waals surface area contributed by atoms with Crippen molar-refractivity contribution in [3.05, 3.63) is 18.2 Å². The second-order valence-corrected chi connectivity index (χ2v) is 7.07. The maximum absolute atomic E-state index is 12.9. The molecule has 2 heterocycles. The van der Waals surface area contributed by atoms with Crippen LogP contribution in [0.2, 0.25) is 0 Å². The second-order valence-electron chi connectivity index (χ2n) is 7.07. The Balaban J connectivity index is 1.68. The number of hydrogen-bond acceptors (Lipinski definition) is 6. The van der Waals surface area contributed by atoms with Crippen LogP contribution in [-0.2, 0) is 19.1 Å². The van der Waals surface area contributed by atoms with E-state index in [1.165, 1.54) is 7.11 Å². The van der Waals surface area contributed by atoms with Crippen LogP contribution < -0.4 is 14.4 Å². The van der Waals surface area contributed by atoms with E-state index >= 15 is 0 Å². The zero-order chi connectivity index (χ0) is 20.3. The quantitative estimate of drug-likeness (QED) is 0.708. The van der Waals surface area contributed by atoms with Crippen molar-refractivity contribution in [1.82, 2.24) is 4.90 Å². The van der Waals surface area contributed by atoms with Gasteiger partial charge in [0.2, 0.25) is 11.8 Å². The van der Waals surface area contributed by atoms with Crippen molar-refractivity contribution >= 4 is 23.5 Å². The zero-order valence-electron chi connectivity index (χ0n) is 16.5. The van der Waals surface area contributed by atoms with Crippen LogP contribution in [0.25, 0.3) is 0 Å². The number of rotatable bonds is 5. The number of benzene rings is 1. The topological polar surface area (TPSA) is 85.4 Å². The van der Waals surface area contributed by atoms with Crippen molar-refractivity contribution in [2.24, 2.45) is 11.8 Å². The Morgan fingerprint density at radius 2 is 1.75 bits per heavy atom. The van der Waals surface area contributed by atoms with Crippen LogP contribution >= 0.6 is 0 Å². The molecule has 152 valence electrons. The van der Waals surface area contributed by atoms with Gasteiger partial charge in [0, 0.05) is 32.1 Å². The van der Waals surface area contributed by atoms with Gasteiger partial charge in [0.1, 0.15) is 11.5 Å². The van der Waals surface area contributed by atoms with Crippen LogP contribution in [0.4, 0.5) is 5.69 Å². The average molecular weight is 390 g/mol. The maximum Gasteiger partial charge on any atom is 0.308 e. The van der Waals surface area contributed by atoms with Crippen molar-refractivity contribution < 1.29 is 28.6 Å². The largest absolute Gasteiger partial charge is 0.497 e. The molecule has 0 aliphatic carbocycles. The van der Waals surface area contributed by atoms with Gasteiger partial charge in [-0.25, -0.2) is 0 Å². The number of carbonyl (C=O) groups is 3. The second kappa shape index (κ2) is 8.50. The van der Waals surface area contributed by atoms with Crippen LogP contribution in [0.3, 0.4) is 0 Å². The van der Waals surface area contributed by atoms with E-state index in [2.05, 4.69) is 0 Å². The predicted molar refractivity (Wildman–Crippen MR) is 101 cm³/mol. The maximum atomic E-state index is 12.9. The fraction of sp³-hybridized carbons (Fsp3) is 0.550. The Hall–Kier alpha value is -2.77. The number of methoxy groups -OCH3 is 3. The highest BCUT2D eigenvalue weighted by Crippen LogP contribution is 2.36.